The van der Waals surface area contributed by atoms with E-state index in [0.717, 1.165) is 49.1 Å². The number of hydrogen-bond acceptors (Lipinski definition) is 5. The third kappa shape index (κ3) is 2.35. The minimum atomic E-state index is 0.309. The molecule has 2 bridgehead atoms. The summed E-state index contributed by atoms with van der Waals surface area (Å²) < 4.78 is 22.4. The largest absolute Gasteiger partial charge is 0.493 e. The highest BCUT2D eigenvalue weighted by Crippen LogP contribution is 2.42. The van der Waals surface area contributed by atoms with Crippen molar-refractivity contribution in [3.05, 3.63) is 46.5 Å². The van der Waals surface area contributed by atoms with Crippen molar-refractivity contribution in [3.63, 3.8) is 0 Å². The molecule has 2 aromatic carbocycles. The van der Waals surface area contributed by atoms with Crippen LogP contribution < -0.4 is 18.9 Å². The molecule has 2 aromatic rings. The van der Waals surface area contributed by atoms with Gasteiger partial charge in [0.15, 0.2) is 23.0 Å². The maximum Gasteiger partial charge on any atom is 0.231 e. The Balaban J connectivity index is 1.69. The van der Waals surface area contributed by atoms with Crippen molar-refractivity contribution in [1.82, 2.24) is 4.90 Å². The molecule has 0 spiro atoms. The lowest BCUT2D eigenvalue weighted by Crippen LogP contribution is -2.25. The van der Waals surface area contributed by atoms with Crippen LogP contribution in [0, 0.1) is 0 Å². The Morgan fingerprint density at radius 3 is 2.65 bits per heavy atom. The summed E-state index contributed by atoms with van der Waals surface area (Å²) >= 11 is 0. The average molecular weight is 351 g/mol. The van der Waals surface area contributed by atoms with Gasteiger partial charge >= 0.3 is 0 Å². The Morgan fingerprint density at radius 2 is 1.85 bits per heavy atom. The van der Waals surface area contributed by atoms with Crippen molar-refractivity contribution in [2.45, 2.75) is 13.0 Å². The first-order valence-electron chi connectivity index (χ1n) is 8.86. The molecule has 0 saturated carbocycles. The van der Waals surface area contributed by atoms with Gasteiger partial charge in [-0.1, -0.05) is 6.07 Å². The van der Waals surface area contributed by atoms with Crippen molar-refractivity contribution >= 4 is 11.6 Å². The first-order chi connectivity index (χ1) is 12.8. The maximum absolute atomic E-state index is 5.68. The molecule has 0 amide bonds. The quantitative estimate of drug-likeness (QED) is 0.830. The smallest absolute Gasteiger partial charge is 0.231 e. The summed E-state index contributed by atoms with van der Waals surface area (Å²) in [4.78, 5) is 2.46. The van der Waals surface area contributed by atoms with Gasteiger partial charge in [-0.3, -0.25) is 4.90 Å². The van der Waals surface area contributed by atoms with Gasteiger partial charge in [0.25, 0.3) is 0 Å². The Labute approximate surface area is 152 Å². The van der Waals surface area contributed by atoms with E-state index < -0.39 is 0 Å². The molecule has 3 aliphatic heterocycles. The zero-order valence-electron chi connectivity index (χ0n) is 15.0. The van der Waals surface area contributed by atoms with Crippen LogP contribution in [0.1, 0.15) is 22.3 Å². The van der Waals surface area contributed by atoms with E-state index in [1.54, 1.807) is 14.2 Å². The highest BCUT2D eigenvalue weighted by atomic mass is 16.7. The zero-order chi connectivity index (χ0) is 17.7. The van der Waals surface area contributed by atoms with Gasteiger partial charge in [0.05, 0.1) is 14.2 Å². The summed E-state index contributed by atoms with van der Waals surface area (Å²) in [5.41, 5.74) is 6.27. The molecule has 1 atom stereocenters. The molecule has 0 aliphatic carbocycles. The van der Waals surface area contributed by atoms with E-state index >= 15 is 0 Å². The number of methoxy groups -OCH3 is 2. The molecular weight excluding hydrogens is 330 g/mol. The predicted octanol–water partition coefficient (Wildman–Crippen LogP) is 3.34. The Morgan fingerprint density at radius 1 is 1.00 bits per heavy atom. The van der Waals surface area contributed by atoms with Gasteiger partial charge in [0.1, 0.15) is 0 Å². The normalized spacial score (nSPS) is 19.6. The van der Waals surface area contributed by atoms with Gasteiger partial charge < -0.3 is 18.9 Å². The molecule has 3 heterocycles. The van der Waals surface area contributed by atoms with Crippen LogP contribution in [0.15, 0.2) is 24.3 Å². The third-order valence-corrected chi connectivity index (χ3v) is 5.43. The average Bonchev–Trinajstić information content (AvgIpc) is 2.95. The summed E-state index contributed by atoms with van der Waals surface area (Å²) in [7, 11) is 3.39. The lowest BCUT2D eigenvalue weighted by atomic mass is 9.95. The van der Waals surface area contributed by atoms with Crippen molar-refractivity contribution in [1.29, 1.82) is 0 Å². The summed E-state index contributed by atoms with van der Waals surface area (Å²) in [5.74, 6) is 3.32. The van der Waals surface area contributed by atoms with Crippen LogP contribution in [0.5, 0.6) is 23.0 Å². The molecular formula is C21H21NO4. The number of rotatable bonds is 2. The lowest BCUT2D eigenvalue weighted by molar-refractivity contribution is 0.174. The van der Waals surface area contributed by atoms with E-state index in [1.165, 1.54) is 27.8 Å². The van der Waals surface area contributed by atoms with Gasteiger partial charge in [-0.15, -0.1) is 0 Å². The summed E-state index contributed by atoms with van der Waals surface area (Å²) in [5, 5.41) is 0. The molecule has 5 heteroatoms. The second-order valence-corrected chi connectivity index (χ2v) is 6.86. The van der Waals surface area contributed by atoms with E-state index in [9.17, 15) is 0 Å². The van der Waals surface area contributed by atoms with Crippen LogP contribution in [0.3, 0.4) is 0 Å². The Bertz CT molecular complexity index is 919. The van der Waals surface area contributed by atoms with Gasteiger partial charge in [0.2, 0.25) is 6.79 Å². The van der Waals surface area contributed by atoms with Gasteiger partial charge in [-0.2, -0.15) is 0 Å². The summed E-state index contributed by atoms with van der Waals surface area (Å²) in [6.45, 7) is 3.05. The molecule has 3 aliphatic rings. The summed E-state index contributed by atoms with van der Waals surface area (Å²) in [6.07, 6.45) is 3.27. The molecule has 5 rings (SSSR count). The van der Waals surface area contributed by atoms with E-state index in [-0.39, 0.29) is 0 Å². The van der Waals surface area contributed by atoms with Crippen LogP contribution in [0.25, 0.3) is 11.6 Å². The fourth-order valence-corrected chi connectivity index (χ4v) is 4.15. The fraction of sp³-hybridized carbons (Fsp3) is 0.333. The molecule has 134 valence electrons. The summed E-state index contributed by atoms with van der Waals surface area (Å²) in [6, 6.07) is 8.38. The van der Waals surface area contributed by atoms with Crippen LogP contribution in [-0.4, -0.2) is 39.0 Å². The zero-order valence-corrected chi connectivity index (χ0v) is 15.0. The Kier molecular flexibility index (Phi) is 3.57. The number of benzene rings is 2. The molecule has 26 heavy (non-hydrogen) atoms. The topological polar surface area (TPSA) is 40.2 Å². The molecule has 1 unspecified atom stereocenters. The predicted molar refractivity (Wildman–Crippen MR) is 99.0 cm³/mol. The van der Waals surface area contributed by atoms with Crippen LogP contribution in [-0.2, 0) is 13.0 Å². The number of hydrogen-bond donors (Lipinski definition) is 0. The highest BCUT2D eigenvalue weighted by molar-refractivity contribution is 5.87. The Hall–Kier alpha value is -2.66. The second-order valence-electron chi connectivity index (χ2n) is 6.86. The van der Waals surface area contributed by atoms with Crippen molar-refractivity contribution in [3.8, 4) is 23.0 Å². The van der Waals surface area contributed by atoms with Crippen LogP contribution in [0.2, 0.25) is 0 Å². The van der Waals surface area contributed by atoms with E-state index in [0.29, 0.717) is 6.79 Å². The minimum absolute atomic E-state index is 0.309. The molecule has 0 fully saturated rings. The first kappa shape index (κ1) is 15.6. The first-order valence-corrected chi connectivity index (χ1v) is 8.86. The van der Waals surface area contributed by atoms with Crippen LogP contribution in [0.4, 0.5) is 0 Å². The minimum Gasteiger partial charge on any atom is -0.493 e. The third-order valence-electron chi connectivity index (χ3n) is 5.43. The fourth-order valence-electron chi connectivity index (χ4n) is 4.15. The standard InChI is InChI=1S/C21H21NO4/c1-23-18-4-3-13-7-15-10-22(11-17(13)21(18)24-2)6-5-14-8-19-20(9-16(14)15)26-12-25-19/h3-4,7-9H,5-6,10-12H2,1-2H3. The van der Waals surface area contributed by atoms with E-state index in [1.807, 2.05) is 6.07 Å². The van der Waals surface area contributed by atoms with E-state index in [4.69, 9.17) is 18.9 Å². The van der Waals surface area contributed by atoms with Gasteiger partial charge in [0, 0.05) is 25.2 Å². The molecule has 0 N–H and O–H groups in total. The van der Waals surface area contributed by atoms with Crippen molar-refractivity contribution in [2.24, 2.45) is 0 Å². The SMILES string of the molecule is COc1ccc2c(c1OC)CN1CCc3cc4c(cc3C(=C2)C1)OCO4. The maximum atomic E-state index is 5.68. The van der Waals surface area contributed by atoms with Crippen molar-refractivity contribution in [2.75, 3.05) is 34.1 Å². The van der Waals surface area contributed by atoms with Crippen LogP contribution >= 0.6 is 0 Å². The molecule has 0 radical (unpaired) electrons. The molecule has 0 aromatic heterocycles. The van der Waals surface area contributed by atoms with Gasteiger partial charge in [-0.05, 0) is 53.0 Å². The van der Waals surface area contributed by atoms with E-state index in [2.05, 4.69) is 29.2 Å². The van der Waals surface area contributed by atoms with Gasteiger partial charge in [-0.25, -0.2) is 0 Å². The van der Waals surface area contributed by atoms with Crippen molar-refractivity contribution < 1.29 is 18.9 Å². The molecule has 5 nitrogen and oxygen atoms in total. The number of nitrogens with zero attached hydrogens (tertiary/aromatic N) is 1. The highest BCUT2D eigenvalue weighted by Gasteiger charge is 2.27. The number of ether oxygens (including phenoxy) is 4. The second kappa shape index (κ2) is 5.95. The monoisotopic (exact) mass is 351 g/mol. The number of fused-ring (bicyclic) bond motifs is 6. The molecule has 0 saturated heterocycles. The lowest BCUT2D eigenvalue weighted by Gasteiger charge is -2.21.